The number of carbonyl (C=O) groups excluding carboxylic acids is 2. The molecule has 0 saturated heterocycles. The molecule has 4 nitrogen and oxygen atoms in total. The molecule has 8 heteroatoms. The summed E-state index contributed by atoms with van der Waals surface area (Å²) in [5, 5.41) is 1.39. The third-order valence-corrected chi connectivity index (χ3v) is 3.50. The Morgan fingerprint density at radius 2 is 1.71 bits per heavy atom. The molecule has 0 bridgehead atoms. The molecule has 1 radical (unpaired) electrons. The van der Waals surface area contributed by atoms with Gasteiger partial charge in [-0.25, -0.2) is 21.7 Å². The van der Waals surface area contributed by atoms with Gasteiger partial charge < -0.3 is 34.7 Å². The SMILES string of the molecule is COC(=O)/C=C/S/C([S-])=C(/[S-])C(=O)OC.[Co].c1cc[cH-]c1. The van der Waals surface area contributed by atoms with Gasteiger partial charge in [-0.1, -0.05) is 0 Å². The van der Waals surface area contributed by atoms with Gasteiger partial charge in [0.25, 0.3) is 0 Å². The third-order valence-electron chi connectivity index (χ3n) is 1.69. The van der Waals surface area contributed by atoms with Crippen molar-refractivity contribution in [3.05, 3.63) is 51.0 Å². The number of methoxy groups -OCH3 is 2. The molecule has 0 amide bonds. The Bertz CT molecular complexity index is 453. The predicted molar refractivity (Wildman–Crippen MR) is 84.6 cm³/mol. The van der Waals surface area contributed by atoms with Crippen LogP contribution in [0.1, 0.15) is 0 Å². The number of hydrogen-bond acceptors (Lipinski definition) is 7. The summed E-state index contributed by atoms with van der Waals surface area (Å²) < 4.78 is 8.92. The average Bonchev–Trinajstić information content (AvgIpc) is 3.04. The third kappa shape index (κ3) is 11.4. The minimum Gasteiger partial charge on any atom is -0.774 e. The van der Waals surface area contributed by atoms with E-state index in [9.17, 15) is 9.59 Å². The molecule has 0 aliphatic heterocycles. The van der Waals surface area contributed by atoms with Gasteiger partial charge in [0.15, 0.2) is 0 Å². The fourth-order valence-corrected chi connectivity index (χ4v) is 1.74. The Hall–Kier alpha value is -0.934. The van der Waals surface area contributed by atoms with Crippen LogP contribution < -0.4 is 0 Å². The monoisotopic (exact) mass is 388 g/mol. The molecule has 0 fully saturated rings. The molecule has 0 saturated carbocycles. The molecule has 0 heterocycles. The van der Waals surface area contributed by atoms with Crippen LogP contribution in [-0.4, -0.2) is 26.2 Å². The molecule has 1 aromatic carbocycles. The summed E-state index contributed by atoms with van der Waals surface area (Å²) in [6, 6.07) is 10.0. The predicted octanol–water partition coefficient (Wildman–Crippen LogP) is 2.25. The first-order valence-electron chi connectivity index (χ1n) is 5.27. The maximum Gasteiger partial charge on any atom is 0.330 e. The van der Waals surface area contributed by atoms with E-state index in [2.05, 4.69) is 9.47 Å². The first kappa shape index (κ1) is 22.3. The molecule has 0 aliphatic rings. The molecular formula is C13H13CoO4S3-3. The quantitative estimate of drug-likeness (QED) is 0.339. The summed E-state index contributed by atoms with van der Waals surface area (Å²) in [6.07, 6.45) is 1.18. The Labute approximate surface area is 149 Å². The fourth-order valence-electron chi connectivity index (χ4n) is 0.770. The second kappa shape index (κ2) is 14.0. The number of rotatable bonds is 4. The largest absolute Gasteiger partial charge is 0.774 e. The van der Waals surface area contributed by atoms with Crippen molar-refractivity contribution in [2.24, 2.45) is 0 Å². The molecule has 0 unspecified atom stereocenters. The molecule has 0 spiro atoms. The summed E-state index contributed by atoms with van der Waals surface area (Å²) in [5.74, 6) is -1.16. The second-order valence-electron chi connectivity index (χ2n) is 3.01. The van der Waals surface area contributed by atoms with E-state index in [4.69, 9.17) is 25.3 Å². The molecule has 1 rings (SSSR count). The first-order chi connectivity index (χ1) is 9.52. The van der Waals surface area contributed by atoms with Crippen LogP contribution in [-0.2, 0) is 61.1 Å². The van der Waals surface area contributed by atoms with Gasteiger partial charge in [-0.3, -0.25) is 0 Å². The van der Waals surface area contributed by atoms with Crippen molar-refractivity contribution < 1.29 is 35.8 Å². The van der Waals surface area contributed by atoms with Gasteiger partial charge in [-0.15, -0.1) is 20.9 Å². The molecular weight excluding hydrogens is 375 g/mol. The van der Waals surface area contributed by atoms with Gasteiger partial charge in [0.05, 0.1) is 14.2 Å². The summed E-state index contributed by atoms with van der Waals surface area (Å²) in [5.41, 5.74) is 0. The van der Waals surface area contributed by atoms with Crippen LogP contribution in [0.25, 0.3) is 0 Å². The topological polar surface area (TPSA) is 52.6 Å². The number of carbonyl (C=O) groups is 2. The van der Waals surface area contributed by atoms with Crippen LogP contribution >= 0.6 is 11.8 Å². The van der Waals surface area contributed by atoms with E-state index < -0.39 is 11.9 Å². The van der Waals surface area contributed by atoms with E-state index in [1.165, 1.54) is 25.7 Å². The van der Waals surface area contributed by atoms with Gasteiger partial charge in [0, 0.05) is 22.9 Å². The molecule has 0 N–H and O–H groups in total. The Kier molecular flexibility index (Phi) is 14.9. The number of hydrogen-bond donors (Lipinski definition) is 0. The maximum absolute atomic E-state index is 10.9. The number of thioether (sulfide) groups is 1. The molecule has 0 aromatic heterocycles. The summed E-state index contributed by atoms with van der Waals surface area (Å²) in [4.78, 5) is 21.5. The van der Waals surface area contributed by atoms with Crippen LogP contribution in [0.4, 0.5) is 0 Å². The van der Waals surface area contributed by atoms with E-state index >= 15 is 0 Å². The summed E-state index contributed by atoms with van der Waals surface area (Å²) in [7, 11) is 2.47. The van der Waals surface area contributed by atoms with Gasteiger partial charge in [-0.05, 0) is 5.41 Å². The maximum atomic E-state index is 10.9. The summed E-state index contributed by atoms with van der Waals surface area (Å²) >= 11 is 10.5. The summed E-state index contributed by atoms with van der Waals surface area (Å²) in [6.45, 7) is 0. The van der Waals surface area contributed by atoms with Crippen molar-refractivity contribution in [3.63, 3.8) is 0 Å². The normalized spacial score (nSPS) is 10.6. The van der Waals surface area contributed by atoms with Gasteiger partial charge in [0.2, 0.25) is 0 Å². The zero-order valence-corrected chi connectivity index (χ0v) is 14.7. The van der Waals surface area contributed by atoms with Gasteiger partial charge in [-0.2, -0.15) is 18.2 Å². The van der Waals surface area contributed by atoms with Crippen molar-refractivity contribution in [2.75, 3.05) is 14.2 Å². The number of ether oxygens (including phenoxy) is 2. The molecule has 0 atom stereocenters. The van der Waals surface area contributed by atoms with Crippen LogP contribution in [0.5, 0.6) is 0 Å². The molecule has 119 valence electrons. The average molecular weight is 388 g/mol. The van der Waals surface area contributed by atoms with E-state index in [1.54, 1.807) is 0 Å². The standard InChI is InChI=1S/C8H10O4S3.C5H5.Co/c1-11-5(9)3-4-15-8(14)6(13)7(10)12-2;1-2-4-5-3-1;/h3-4,13-14H,1-2H3;1-5H;/q;-1;/p-2/b4-3+,8-6+;;. The van der Waals surface area contributed by atoms with E-state index in [-0.39, 0.29) is 25.9 Å². The van der Waals surface area contributed by atoms with Crippen LogP contribution in [0.3, 0.4) is 0 Å². The van der Waals surface area contributed by atoms with E-state index in [1.807, 2.05) is 30.3 Å². The smallest absolute Gasteiger partial charge is 0.330 e. The number of esters is 2. The van der Waals surface area contributed by atoms with Gasteiger partial charge >= 0.3 is 11.9 Å². The Morgan fingerprint density at radius 1 is 1.14 bits per heavy atom. The molecule has 0 aliphatic carbocycles. The molecule has 21 heavy (non-hydrogen) atoms. The zero-order valence-electron chi connectivity index (χ0n) is 11.2. The fraction of sp³-hybridized carbons (Fsp3) is 0.154. The van der Waals surface area contributed by atoms with Crippen molar-refractivity contribution in [1.82, 2.24) is 0 Å². The minimum atomic E-state index is -0.658. The van der Waals surface area contributed by atoms with Crippen LogP contribution in [0, 0.1) is 0 Å². The van der Waals surface area contributed by atoms with Crippen molar-refractivity contribution in [2.45, 2.75) is 0 Å². The van der Waals surface area contributed by atoms with Crippen LogP contribution in [0.15, 0.2) is 51.0 Å². The second-order valence-corrected chi connectivity index (χ2v) is 5.01. The minimum absolute atomic E-state index is 0. The Balaban J connectivity index is 0. The van der Waals surface area contributed by atoms with E-state index in [0.29, 0.717) is 0 Å². The van der Waals surface area contributed by atoms with Gasteiger partial charge in [0.1, 0.15) is 0 Å². The zero-order chi connectivity index (χ0) is 15.4. The van der Waals surface area contributed by atoms with Crippen molar-refractivity contribution >= 4 is 49.0 Å². The Morgan fingerprint density at radius 3 is 2.10 bits per heavy atom. The molecule has 1 aromatic rings. The van der Waals surface area contributed by atoms with E-state index in [0.717, 1.165) is 11.8 Å². The van der Waals surface area contributed by atoms with Crippen LogP contribution in [0.2, 0.25) is 0 Å². The van der Waals surface area contributed by atoms with Crippen molar-refractivity contribution in [1.29, 1.82) is 0 Å². The first-order valence-corrected chi connectivity index (χ1v) is 6.97. The van der Waals surface area contributed by atoms with Crippen molar-refractivity contribution in [3.8, 4) is 0 Å².